The summed E-state index contributed by atoms with van der Waals surface area (Å²) in [5.74, 6) is -11.7. The summed E-state index contributed by atoms with van der Waals surface area (Å²) in [5, 5.41) is 7.45. The number of amides is 1. The van der Waals surface area contributed by atoms with Crippen molar-refractivity contribution < 1.29 is 26.7 Å². The second kappa shape index (κ2) is 8.99. The number of hydrazone groups is 1. The third-order valence-corrected chi connectivity index (χ3v) is 4.45. The molecule has 0 aliphatic carbocycles. The van der Waals surface area contributed by atoms with Gasteiger partial charge in [-0.05, 0) is 12.1 Å². The van der Waals surface area contributed by atoms with Crippen LogP contribution in [0, 0.1) is 29.1 Å². The van der Waals surface area contributed by atoms with Crippen molar-refractivity contribution in [1.29, 1.82) is 0 Å². The molecule has 1 N–H and O–H groups in total. The van der Waals surface area contributed by atoms with Crippen LogP contribution in [0.2, 0.25) is 0 Å². The van der Waals surface area contributed by atoms with Crippen LogP contribution in [0.3, 0.4) is 0 Å². The number of aromatic nitrogens is 3. The molecule has 0 spiro atoms. The quantitative estimate of drug-likeness (QED) is 0.159. The summed E-state index contributed by atoms with van der Waals surface area (Å²) >= 11 is 0. The number of halogens is 5. The van der Waals surface area contributed by atoms with Crippen LogP contribution in [-0.2, 0) is 0 Å². The van der Waals surface area contributed by atoms with E-state index in [1.165, 1.54) is 4.68 Å². The van der Waals surface area contributed by atoms with Gasteiger partial charge in [0, 0.05) is 5.56 Å². The Labute approximate surface area is 183 Å². The van der Waals surface area contributed by atoms with Gasteiger partial charge in [-0.1, -0.05) is 48.5 Å². The summed E-state index contributed by atoms with van der Waals surface area (Å²) in [6.07, 6.45) is 0.306. The van der Waals surface area contributed by atoms with Crippen LogP contribution in [-0.4, -0.2) is 26.9 Å². The fraction of sp³-hybridized carbons (Fsp3) is 0. The van der Waals surface area contributed by atoms with Crippen LogP contribution in [0.1, 0.15) is 16.2 Å². The highest BCUT2D eigenvalue weighted by Crippen LogP contribution is 2.22. The minimum Gasteiger partial charge on any atom is -0.264 e. The molecule has 1 amide bonds. The predicted octanol–water partition coefficient (Wildman–Crippen LogP) is 4.39. The number of carbonyl (C=O) groups is 1. The van der Waals surface area contributed by atoms with Gasteiger partial charge in [-0.15, -0.1) is 5.10 Å². The van der Waals surface area contributed by atoms with Gasteiger partial charge in [-0.2, -0.15) is 5.10 Å². The number of nitrogens with one attached hydrogen (secondary N) is 1. The fourth-order valence-electron chi connectivity index (χ4n) is 2.87. The molecule has 0 bridgehead atoms. The Morgan fingerprint density at radius 2 is 1.36 bits per heavy atom. The molecule has 6 nitrogen and oxygen atoms in total. The molecular weight excluding hydrogens is 445 g/mol. The third-order valence-electron chi connectivity index (χ3n) is 4.45. The molecule has 4 aromatic rings. The van der Waals surface area contributed by atoms with Gasteiger partial charge in [-0.25, -0.2) is 37.0 Å². The molecule has 0 aliphatic heterocycles. The van der Waals surface area contributed by atoms with Crippen molar-refractivity contribution in [3.8, 4) is 17.1 Å². The molecular formula is C22H12F5N5O. The lowest BCUT2D eigenvalue weighted by molar-refractivity contribution is 0.0945. The Balaban J connectivity index is 1.64. The van der Waals surface area contributed by atoms with Crippen molar-refractivity contribution in [3.05, 3.63) is 101 Å². The molecule has 0 aliphatic rings. The smallest absolute Gasteiger partial charge is 0.264 e. The van der Waals surface area contributed by atoms with E-state index in [0.717, 1.165) is 0 Å². The maximum atomic E-state index is 13.7. The lowest BCUT2D eigenvalue weighted by Gasteiger charge is -2.05. The van der Waals surface area contributed by atoms with E-state index in [2.05, 4.69) is 15.2 Å². The molecule has 0 saturated heterocycles. The van der Waals surface area contributed by atoms with Gasteiger partial charge < -0.3 is 0 Å². The first kappa shape index (κ1) is 21.8. The highest BCUT2D eigenvalue weighted by molar-refractivity contribution is 5.92. The zero-order chi connectivity index (χ0) is 23.5. The highest BCUT2D eigenvalue weighted by Gasteiger charge is 2.25. The van der Waals surface area contributed by atoms with Gasteiger partial charge in [0.15, 0.2) is 29.1 Å². The molecule has 0 radical (unpaired) electrons. The fourth-order valence-corrected chi connectivity index (χ4v) is 2.87. The van der Waals surface area contributed by atoms with Gasteiger partial charge in [-0.3, -0.25) is 4.79 Å². The van der Waals surface area contributed by atoms with Crippen molar-refractivity contribution >= 4 is 12.1 Å². The normalized spacial score (nSPS) is 11.2. The Hall–Kier alpha value is -4.41. The lowest BCUT2D eigenvalue weighted by atomic mass is 10.2. The van der Waals surface area contributed by atoms with E-state index >= 15 is 0 Å². The zero-order valence-corrected chi connectivity index (χ0v) is 16.4. The summed E-state index contributed by atoms with van der Waals surface area (Å²) in [5.41, 5.74) is 1.87. The Kier molecular flexibility index (Phi) is 5.94. The highest BCUT2D eigenvalue weighted by atomic mass is 19.2. The van der Waals surface area contributed by atoms with Gasteiger partial charge >= 0.3 is 5.91 Å². The molecule has 3 aromatic carbocycles. The summed E-state index contributed by atoms with van der Waals surface area (Å²) in [6, 6.07) is 17.7. The van der Waals surface area contributed by atoms with E-state index in [1.807, 2.05) is 5.43 Å². The van der Waals surface area contributed by atoms with Gasteiger partial charge in [0.05, 0.1) is 17.5 Å². The molecule has 0 unspecified atom stereocenters. The Morgan fingerprint density at radius 1 is 0.818 bits per heavy atom. The molecule has 4 rings (SSSR count). The molecule has 1 heterocycles. The van der Waals surface area contributed by atoms with Crippen molar-refractivity contribution in [2.24, 2.45) is 5.10 Å². The van der Waals surface area contributed by atoms with Crippen LogP contribution >= 0.6 is 0 Å². The van der Waals surface area contributed by atoms with Crippen LogP contribution < -0.4 is 5.43 Å². The molecule has 33 heavy (non-hydrogen) atoms. The summed E-state index contributed by atoms with van der Waals surface area (Å²) < 4.78 is 68.6. The van der Waals surface area contributed by atoms with E-state index in [-0.39, 0.29) is 5.82 Å². The number of benzene rings is 3. The molecule has 11 heteroatoms. The van der Waals surface area contributed by atoms with E-state index in [1.54, 1.807) is 60.7 Å². The van der Waals surface area contributed by atoms with Gasteiger partial charge in [0.1, 0.15) is 0 Å². The Bertz CT molecular complexity index is 1270. The van der Waals surface area contributed by atoms with Crippen LogP contribution in [0.4, 0.5) is 22.0 Å². The van der Waals surface area contributed by atoms with E-state index in [4.69, 9.17) is 0 Å². The zero-order valence-electron chi connectivity index (χ0n) is 16.4. The lowest BCUT2D eigenvalue weighted by Crippen LogP contribution is -2.20. The van der Waals surface area contributed by atoms with E-state index in [0.29, 0.717) is 23.3 Å². The Morgan fingerprint density at radius 3 is 1.97 bits per heavy atom. The minimum absolute atomic E-state index is 0.306. The number of hydrogen-bond donors (Lipinski definition) is 1. The first-order valence-corrected chi connectivity index (χ1v) is 9.31. The number of hydrogen-bond acceptors (Lipinski definition) is 4. The van der Waals surface area contributed by atoms with E-state index in [9.17, 15) is 26.7 Å². The molecule has 0 atom stereocenters. The summed E-state index contributed by atoms with van der Waals surface area (Å²) in [4.78, 5) is 16.7. The number of carbonyl (C=O) groups excluding carboxylic acids is 1. The topological polar surface area (TPSA) is 72.2 Å². The van der Waals surface area contributed by atoms with Crippen LogP contribution in [0.15, 0.2) is 65.8 Å². The maximum Gasteiger partial charge on any atom is 0.311 e. The standard InChI is InChI=1S/C22H12F5N5O/c23-15-14(16(24)18(26)19(27)17(15)25)11-28-30-22(33)20-29-21(12-7-3-1-4-8-12)32(31-20)13-9-5-2-6-10-13/h1-11H,(H,30,33)/b28-11+. The number of rotatable bonds is 5. The van der Waals surface area contributed by atoms with Crippen LogP contribution in [0.5, 0.6) is 0 Å². The second-order valence-electron chi connectivity index (χ2n) is 6.56. The first-order valence-electron chi connectivity index (χ1n) is 9.31. The molecule has 0 saturated carbocycles. The average Bonchev–Trinajstić information content (AvgIpc) is 3.30. The van der Waals surface area contributed by atoms with Crippen molar-refractivity contribution in [2.45, 2.75) is 0 Å². The molecule has 166 valence electrons. The predicted molar refractivity (Wildman–Crippen MR) is 108 cm³/mol. The van der Waals surface area contributed by atoms with Crippen molar-refractivity contribution in [1.82, 2.24) is 20.2 Å². The van der Waals surface area contributed by atoms with Crippen LogP contribution in [0.25, 0.3) is 17.1 Å². The maximum absolute atomic E-state index is 13.7. The largest absolute Gasteiger partial charge is 0.311 e. The van der Waals surface area contributed by atoms with Crippen molar-refractivity contribution in [3.63, 3.8) is 0 Å². The van der Waals surface area contributed by atoms with Gasteiger partial charge in [0.25, 0.3) is 0 Å². The van der Waals surface area contributed by atoms with E-state index < -0.39 is 40.6 Å². The second-order valence-corrected chi connectivity index (χ2v) is 6.56. The van der Waals surface area contributed by atoms with Gasteiger partial charge in [0.2, 0.25) is 11.6 Å². The molecule has 1 aromatic heterocycles. The van der Waals surface area contributed by atoms with Crippen molar-refractivity contribution in [2.75, 3.05) is 0 Å². The minimum atomic E-state index is -2.30. The average molecular weight is 457 g/mol. The SMILES string of the molecule is O=C(N/N=C/c1c(F)c(F)c(F)c(F)c1F)c1nc(-c2ccccc2)n(-c2ccccc2)n1. The summed E-state index contributed by atoms with van der Waals surface area (Å²) in [7, 11) is 0. The third kappa shape index (κ3) is 4.20. The monoisotopic (exact) mass is 457 g/mol. The number of nitrogens with zero attached hydrogens (tertiary/aromatic N) is 4. The summed E-state index contributed by atoms with van der Waals surface area (Å²) in [6.45, 7) is 0. The first-order chi connectivity index (χ1) is 15.9. The number of para-hydroxylation sites is 1. The molecule has 0 fully saturated rings.